The second kappa shape index (κ2) is 9.23. The lowest BCUT2D eigenvalue weighted by molar-refractivity contribution is -0.115. The number of ether oxygens (including phenoxy) is 1. The predicted octanol–water partition coefficient (Wildman–Crippen LogP) is 4.40. The van der Waals surface area contributed by atoms with Gasteiger partial charge in [0.05, 0.1) is 23.2 Å². The summed E-state index contributed by atoms with van der Waals surface area (Å²) in [6, 6.07) is 17.0. The molecule has 0 saturated heterocycles. The monoisotopic (exact) mass is 383 g/mol. The van der Waals surface area contributed by atoms with Crippen LogP contribution in [0.5, 0.6) is 5.75 Å². The number of anilines is 1. The number of benzene rings is 2. The molecule has 1 N–H and O–H groups in total. The van der Waals surface area contributed by atoms with E-state index >= 15 is 0 Å². The summed E-state index contributed by atoms with van der Waals surface area (Å²) in [5, 5.41) is 6.67. The number of carbonyl (C=O) groups is 1. The number of thioether (sulfide) groups is 1. The van der Waals surface area contributed by atoms with E-state index < -0.39 is 0 Å². The Hall–Kier alpha value is -2.80. The average molecular weight is 383 g/mol. The van der Waals surface area contributed by atoms with Gasteiger partial charge in [0.2, 0.25) is 17.6 Å². The highest BCUT2D eigenvalue weighted by Crippen LogP contribution is 2.28. The van der Waals surface area contributed by atoms with Gasteiger partial charge in [-0.15, -0.1) is 11.8 Å². The number of hydrogen-bond donors (Lipinski definition) is 1. The fourth-order valence-corrected chi connectivity index (χ4v) is 3.11. The highest BCUT2D eigenvalue weighted by Gasteiger charge is 2.17. The van der Waals surface area contributed by atoms with Crippen LogP contribution >= 0.6 is 11.8 Å². The molecule has 1 heterocycles. The topological polar surface area (TPSA) is 77.2 Å². The summed E-state index contributed by atoms with van der Waals surface area (Å²) in [4.78, 5) is 16.7. The van der Waals surface area contributed by atoms with Gasteiger partial charge < -0.3 is 14.6 Å². The van der Waals surface area contributed by atoms with E-state index in [0.717, 1.165) is 17.0 Å². The number of nitrogens with one attached hydrogen (secondary N) is 1. The molecule has 0 spiro atoms. The fourth-order valence-electron chi connectivity index (χ4n) is 2.39. The van der Waals surface area contributed by atoms with Gasteiger partial charge >= 0.3 is 0 Å². The number of nitrogens with zero attached hydrogens (tertiary/aromatic N) is 2. The Kier molecular flexibility index (Phi) is 6.49. The van der Waals surface area contributed by atoms with Crippen LogP contribution in [-0.2, 0) is 10.5 Å². The van der Waals surface area contributed by atoms with Crippen LogP contribution in [-0.4, -0.2) is 27.9 Å². The standard InChI is InChI=1S/C20H21N3O3S/c1-3-25-17-12-8-7-11-16(17)19-22-18(26-23-19)13-27-14(2)20(24)21-15-9-5-4-6-10-15/h4-12,14H,3,13H2,1-2H3,(H,21,24). The van der Waals surface area contributed by atoms with Crippen molar-refractivity contribution in [3.63, 3.8) is 0 Å². The third-order valence-electron chi connectivity index (χ3n) is 3.76. The lowest BCUT2D eigenvalue weighted by Gasteiger charge is -2.10. The largest absolute Gasteiger partial charge is 0.493 e. The Morgan fingerprint density at radius 3 is 2.70 bits per heavy atom. The van der Waals surface area contributed by atoms with Crippen molar-refractivity contribution in [3.05, 3.63) is 60.5 Å². The molecule has 3 rings (SSSR count). The molecular formula is C20H21N3O3S. The molecule has 0 saturated carbocycles. The summed E-state index contributed by atoms with van der Waals surface area (Å²) in [6.07, 6.45) is 0. The Morgan fingerprint density at radius 2 is 1.93 bits per heavy atom. The third-order valence-corrected chi connectivity index (χ3v) is 4.89. The lowest BCUT2D eigenvalue weighted by Crippen LogP contribution is -2.22. The molecule has 1 amide bonds. The number of rotatable bonds is 8. The quantitative estimate of drug-likeness (QED) is 0.621. The molecule has 0 bridgehead atoms. The number of para-hydroxylation sites is 2. The normalized spacial score (nSPS) is 11.8. The maximum absolute atomic E-state index is 12.3. The van der Waals surface area contributed by atoms with Crippen LogP contribution in [0.1, 0.15) is 19.7 Å². The van der Waals surface area contributed by atoms with Gasteiger partial charge in [0.15, 0.2) is 0 Å². The third kappa shape index (κ3) is 5.10. The lowest BCUT2D eigenvalue weighted by atomic mass is 10.2. The molecule has 1 aromatic heterocycles. The molecule has 6 nitrogen and oxygen atoms in total. The van der Waals surface area contributed by atoms with Crippen LogP contribution in [0.15, 0.2) is 59.1 Å². The molecule has 2 aromatic carbocycles. The molecule has 3 aromatic rings. The minimum absolute atomic E-state index is 0.0624. The number of aromatic nitrogens is 2. The minimum atomic E-state index is -0.253. The molecule has 1 unspecified atom stereocenters. The van der Waals surface area contributed by atoms with E-state index in [1.54, 1.807) is 0 Å². The van der Waals surface area contributed by atoms with Crippen LogP contribution in [0.2, 0.25) is 0 Å². The summed E-state index contributed by atoms with van der Waals surface area (Å²) >= 11 is 1.44. The average Bonchev–Trinajstić information content (AvgIpc) is 3.16. The van der Waals surface area contributed by atoms with E-state index in [0.29, 0.717) is 24.1 Å². The molecule has 0 aliphatic heterocycles. The highest BCUT2D eigenvalue weighted by atomic mass is 32.2. The maximum atomic E-state index is 12.3. The zero-order chi connectivity index (χ0) is 19.1. The Balaban J connectivity index is 1.59. The molecule has 0 radical (unpaired) electrons. The van der Waals surface area contributed by atoms with Gasteiger partial charge in [-0.05, 0) is 38.1 Å². The summed E-state index contributed by atoms with van der Waals surface area (Å²) in [5.41, 5.74) is 1.57. The van der Waals surface area contributed by atoms with Gasteiger partial charge in [0, 0.05) is 5.69 Å². The first kappa shape index (κ1) is 19.0. The zero-order valence-electron chi connectivity index (χ0n) is 15.2. The summed E-state index contributed by atoms with van der Waals surface area (Å²) in [7, 11) is 0. The SMILES string of the molecule is CCOc1ccccc1-c1noc(CSC(C)C(=O)Nc2ccccc2)n1. The summed E-state index contributed by atoms with van der Waals surface area (Å²) < 4.78 is 10.9. The minimum Gasteiger partial charge on any atom is -0.493 e. The first-order valence-corrected chi connectivity index (χ1v) is 9.74. The maximum Gasteiger partial charge on any atom is 0.237 e. The van der Waals surface area contributed by atoms with Crippen molar-refractivity contribution < 1.29 is 14.1 Å². The molecule has 1 atom stereocenters. The summed E-state index contributed by atoms with van der Waals surface area (Å²) in [6.45, 7) is 4.34. The van der Waals surface area contributed by atoms with Gasteiger partial charge in [0.1, 0.15) is 5.75 Å². The number of carbonyl (C=O) groups excluding carboxylic acids is 1. The predicted molar refractivity (Wildman–Crippen MR) is 107 cm³/mol. The van der Waals surface area contributed by atoms with Crippen molar-refractivity contribution in [2.45, 2.75) is 24.9 Å². The molecule has 140 valence electrons. The van der Waals surface area contributed by atoms with Crippen LogP contribution in [0.4, 0.5) is 5.69 Å². The first-order valence-electron chi connectivity index (χ1n) is 8.69. The van der Waals surface area contributed by atoms with Crippen molar-refractivity contribution in [3.8, 4) is 17.1 Å². The van der Waals surface area contributed by atoms with Crippen LogP contribution in [0, 0.1) is 0 Å². The van der Waals surface area contributed by atoms with Crippen LogP contribution in [0.3, 0.4) is 0 Å². The van der Waals surface area contributed by atoms with Gasteiger partial charge in [-0.25, -0.2) is 0 Å². The van der Waals surface area contributed by atoms with Gasteiger partial charge in [-0.2, -0.15) is 4.98 Å². The smallest absolute Gasteiger partial charge is 0.237 e. The second-order valence-corrected chi connectivity index (χ2v) is 7.08. The van der Waals surface area contributed by atoms with Crippen molar-refractivity contribution in [2.24, 2.45) is 0 Å². The van der Waals surface area contributed by atoms with E-state index in [2.05, 4.69) is 15.5 Å². The second-order valence-electron chi connectivity index (χ2n) is 5.75. The molecular weight excluding hydrogens is 362 g/mol. The Bertz CT molecular complexity index is 883. The molecule has 0 fully saturated rings. The van der Waals surface area contributed by atoms with E-state index in [1.165, 1.54) is 11.8 Å². The van der Waals surface area contributed by atoms with Gasteiger partial charge in [0.25, 0.3) is 0 Å². The van der Waals surface area contributed by atoms with Crippen molar-refractivity contribution in [2.75, 3.05) is 11.9 Å². The first-order chi connectivity index (χ1) is 13.2. The van der Waals surface area contributed by atoms with Crippen molar-refractivity contribution in [1.29, 1.82) is 0 Å². The molecule has 0 aliphatic rings. The highest BCUT2D eigenvalue weighted by molar-refractivity contribution is 7.99. The van der Waals surface area contributed by atoms with Crippen LogP contribution in [0.25, 0.3) is 11.4 Å². The van der Waals surface area contributed by atoms with Gasteiger partial charge in [-0.3, -0.25) is 4.79 Å². The van der Waals surface area contributed by atoms with E-state index in [-0.39, 0.29) is 11.2 Å². The molecule has 7 heteroatoms. The Morgan fingerprint density at radius 1 is 1.19 bits per heavy atom. The molecule has 0 aliphatic carbocycles. The van der Waals surface area contributed by atoms with E-state index in [9.17, 15) is 4.79 Å². The number of amides is 1. The van der Waals surface area contributed by atoms with E-state index in [1.807, 2.05) is 68.4 Å². The van der Waals surface area contributed by atoms with Crippen molar-refractivity contribution >= 4 is 23.4 Å². The van der Waals surface area contributed by atoms with E-state index in [4.69, 9.17) is 9.26 Å². The summed E-state index contributed by atoms with van der Waals surface area (Å²) in [5.74, 6) is 2.06. The molecule has 27 heavy (non-hydrogen) atoms. The van der Waals surface area contributed by atoms with Crippen molar-refractivity contribution in [1.82, 2.24) is 10.1 Å². The van der Waals surface area contributed by atoms with Crippen LogP contribution < -0.4 is 10.1 Å². The number of hydrogen-bond acceptors (Lipinski definition) is 6. The Labute approximate surface area is 162 Å². The zero-order valence-corrected chi connectivity index (χ0v) is 16.0. The fraction of sp³-hybridized carbons (Fsp3) is 0.250. The van der Waals surface area contributed by atoms with Gasteiger partial charge in [-0.1, -0.05) is 35.5 Å².